The van der Waals surface area contributed by atoms with Crippen molar-refractivity contribution in [3.63, 3.8) is 0 Å². The van der Waals surface area contributed by atoms with Crippen LogP contribution in [0.4, 0.5) is 5.69 Å². The Balaban J connectivity index is 1.79. The first-order chi connectivity index (χ1) is 12.6. The SMILES string of the molecule is CCOc1cc2c(cc1/C=C/C(=O)Nc1ccccc1CC)O[C@H](C)C2. The van der Waals surface area contributed by atoms with Gasteiger partial charge in [-0.2, -0.15) is 0 Å². The van der Waals surface area contributed by atoms with E-state index in [4.69, 9.17) is 9.47 Å². The van der Waals surface area contributed by atoms with Crippen LogP contribution in [0.5, 0.6) is 11.5 Å². The number of rotatable bonds is 6. The Morgan fingerprint density at radius 2 is 2.12 bits per heavy atom. The molecule has 4 nitrogen and oxygen atoms in total. The largest absolute Gasteiger partial charge is 0.493 e. The van der Waals surface area contributed by atoms with Gasteiger partial charge in [-0.1, -0.05) is 25.1 Å². The number of nitrogens with one attached hydrogen (secondary N) is 1. The van der Waals surface area contributed by atoms with Crippen LogP contribution in [0, 0.1) is 0 Å². The van der Waals surface area contributed by atoms with Crippen molar-refractivity contribution >= 4 is 17.7 Å². The van der Waals surface area contributed by atoms with Gasteiger partial charge in [0.25, 0.3) is 0 Å². The van der Waals surface area contributed by atoms with Gasteiger partial charge in [0.15, 0.2) is 0 Å². The molecule has 0 bridgehead atoms. The third-order valence-corrected chi connectivity index (χ3v) is 4.40. The van der Waals surface area contributed by atoms with E-state index in [0.29, 0.717) is 6.61 Å². The third-order valence-electron chi connectivity index (χ3n) is 4.40. The standard InChI is InChI=1S/C22H25NO3/c1-4-16-8-6-7-9-19(16)23-22(24)11-10-17-13-21-18(12-15(3)26-21)14-20(17)25-5-2/h6-11,13-15H,4-5,12H2,1-3H3,(H,23,24)/b11-10+/t15-/m1/s1. The number of fused-ring (bicyclic) bond motifs is 1. The summed E-state index contributed by atoms with van der Waals surface area (Å²) in [6.07, 6.45) is 5.24. The summed E-state index contributed by atoms with van der Waals surface area (Å²) in [6, 6.07) is 11.8. The van der Waals surface area contributed by atoms with Crippen LogP contribution in [0.1, 0.15) is 37.5 Å². The maximum Gasteiger partial charge on any atom is 0.248 e. The average Bonchev–Trinajstić information content (AvgIpc) is 2.99. The molecule has 0 radical (unpaired) electrons. The van der Waals surface area contributed by atoms with E-state index in [0.717, 1.165) is 46.7 Å². The Kier molecular flexibility index (Phi) is 5.61. The number of benzene rings is 2. The van der Waals surface area contributed by atoms with Crippen LogP contribution in [0.2, 0.25) is 0 Å². The van der Waals surface area contributed by atoms with E-state index in [1.807, 2.05) is 43.3 Å². The number of carbonyl (C=O) groups is 1. The third kappa shape index (κ3) is 4.07. The minimum atomic E-state index is -0.164. The summed E-state index contributed by atoms with van der Waals surface area (Å²) in [7, 11) is 0. The van der Waals surface area contributed by atoms with E-state index in [-0.39, 0.29) is 12.0 Å². The first-order valence-corrected chi connectivity index (χ1v) is 9.14. The van der Waals surface area contributed by atoms with Crippen molar-refractivity contribution in [2.75, 3.05) is 11.9 Å². The molecule has 0 saturated heterocycles. The second kappa shape index (κ2) is 8.09. The molecule has 1 N–H and O–H groups in total. The second-order valence-electron chi connectivity index (χ2n) is 6.40. The number of hydrogen-bond donors (Lipinski definition) is 1. The van der Waals surface area contributed by atoms with Crippen LogP contribution in [0.25, 0.3) is 6.08 Å². The second-order valence-corrected chi connectivity index (χ2v) is 6.40. The van der Waals surface area contributed by atoms with Crippen molar-refractivity contribution in [3.8, 4) is 11.5 Å². The quantitative estimate of drug-likeness (QED) is 0.772. The highest BCUT2D eigenvalue weighted by Crippen LogP contribution is 2.35. The van der Waals surface area contributed by atoms with Gasteiger partial charge in [0, 0.05) is 29.3 Å². The minimum Gasteiger partial charge on any atom is -0.493 e. The molecule has 1 aliphatic rings. The highest BCUT2D eigenvalue weighted by Gasteiger charge is 2.21. The molecule has 1 amide bonds. The predicted octanol–water partition coefficient (Wildman–Crippen LogP) is 4.62. The molecule has 0 spiro atoms. The molecular formula is C22H25NO3. The van der Waals surface area contributed by atoms with Crippen LogP contribution in [0.15, 0.2) is 42.5 Å². The first-order valence-electron chi connectivity index (χ1n) is 9.14. The summed E-state index contributed by atoms with van der Waals surface area (Å²) in [5.41, 5.74) is 3.96. The van der Waals surface area contributed by atoms with Gasteiger partial charge < -0.3 is 14.8 Å². The van der Waals surface area contributed by atoms with Crippen LogP contribution < -0.4 is 14.8 Å². The normalized spacial score (nSPS) is 15.6. The van der Waals surface area contributed by atoms with Crippen LogP contribution in [0.3, 0.4) is 0 Å². The number of hydrogen-bond acceptors (Lipinski definition) is 3. The molecule has 0 unspecified atom stereocenters. The number of amides is 1. The van der Waals surface area contributed by atoms with Gasteiger partial charge in [-0.3, -0.25) is 4.79 Å². The summed E-state index contributed by atoms with van der Waals surface area (Å²) in [4.78, 5) is 12.3. The fourth-order valence-electron chi connectivity index (χ4n) is 3.16. The number of aryl methyl sites for hydroxylation is 1. The average molecular weight is 351 g/mol. The lowest BCUT2D eigenvalue weighted by molar-refractivity contribution is -0.111. The van der Waals surface area contributed by atoms with Gasteiger partial charge in [0.2, 0.25) is 5.91 Å². The Morgan fingerprint density at radius 3 is 2.88 bits per heavy atom. The molecule has 3 rings (SSSR count). The van der Waals surface area contributed by atoms with Gasteiger partial charge in [-0.05, 0) is 50.1 Å². The lowest BCUT2D eigenvalue weighted by Crippen LogP contribution is -2.09. The van der Waals surface area contributed by atoms with E-state index in [9.17, 15) is 4.79 Å². The lowest BCUT2D eigenvalue weighted by atomic mass is 10.1. The summed E-state index contributed by atoms with van der Waals surface area (Å²) < 4.78 is 11.6. The first kappa shape index (κ1) is 18.1. The number of ether oxygens (including phenoxy) is 2. The Labute approximate surface area is 154 Å². The highest BCUT2D eigenvalue weighted by atomic mass is 16.5. The van der Waals surface area contributed by atoms with Crippen LogP contribution in [-0.4, -0.2) is 18.6 Å². The van der Waals surface area contributed by atoms with Gasteiger partial charge in [0.05, 0.1) is 6.61 Å². The van der Waals surface area contributed by atoms with Gasteiger partial charge in [-0.25, -0.2) is 0 Å². The fraction of sp³-hybridized carbons (Fsp3) is 0.318. The molecule has 0 fully saturated rings. The molecule has 26 heavy (non-hydrogen) atoms. The molecule has 4 heteroatoms. The molecular weight excluding hydrogens is 326 g/mol. The summed E-state index contributed by atoms with van der Waals surface area (Å²) in [5, 5.41) is 2.94. The molecule has 0 aromatic heterocycles. The Bertz CT molecular complexity index is 826. The molecule has 0 aliphatic carbocycles. The lowest BCUT2D eigenvalue weighted by Gasteiger charge is -2.10. The van der Waals surface area contributed by atoms with E-state index < -0.39 is 0 Å². The van der Waals surface area contributed by atoms with Crippen molar-refractivity contribution < 1.29 is 14.3 Å². The minimum absolute atomic E-state index is 0.164. The number of carbonyl (C=O) groups excluding carboxylic acids is 1. The van der Waals surface area contributed by atoms with Gasteiger partial charge >= 0.3 is 0 Å². The maximum absolute atomic E-state index is 12.3. The molecule has 1 atom stereocenters. The highest BCUT2D eigenvalue weighted by molar-refractivity contribution is 6.02. The van der Waals surface area contributed by atoms with E-state index >= 15 is 0 Å². The maximum atomic E-state index is 12.3. The van der Waals surface area contributed by atoms with Crippen molar-refractivity contribution in [1.82, 2.24) is 0 Å². The Morgan fingerprint density at radius 1 is 1.31 bits per heavy atom. The topological polar surface area (TPSA) is 47.6 Å². The number of anilines is 1. The van der Waals surface area contributed by atoms with Crippen molar-refractivity contribution in [1.29, 1.82) is 0 Å². The molecule has 1 aliphatic heterocycles. The van der Waals surface area contributed by atoms with Crippen LogP contribution >= 0.6 is 0 Å². The molecule has 0 saturated carbocycles. The predicted molar refractivity (Wildman–Crippen MR) is 105 cm³/mol. The zero-order valence-electron chi connectivity index (χ0n) is 15.5. The fourth-order valence-corrected chi connectivity index (χ4v) is 3.16. The smallest absolute Gasteiger partial charge is 0.248 e. The summed E-state index contributed by atoms with van der Waals surface area (Å²) in [5.74, 6) is 1.49. The molecule has 1 heterocycles. The molecule has 2 aromatic rings. The summed E-state index contributed by atoms with van der Waals surface area (Å²) >= 11 is 0. The molecule has 2 aromatic carbocycles. The van der Waals surface area contributed by atoms with Crippen molar-refractivity contribution in [3.05, 3.63) is 59.2 Å². The van der Waals surface area contributed by atoms with Crippen molar-refractivity contribution in [2.24, 2.45) is 0 Å². The Hall–Kier alpha value is -2.75. The van der Waals surface area contributed by atoms with Gasteiger partial charge in [-0.15, -0.1) is 0 Å². The summed E-state index contributed by atoms with van der Waals surface area (Å²) in [6.45, 7) is 6.65. The van der Waals surface area contributed by atoms with E-state index in [2.05, 4.69) is 19.2 Å². The zero-order valence-corrected chi connectivity index (χ0v) is 15.5. The zero-order chi connectivity index (χ0) is 18.5. The van der Waals surface area contributed by atoms with E-state index in [1.54, 1.807) is 6.08 Å². The number of para-hydroxylation sites is 1. The van der Waals surface area contributed by atoms with E-state index in [1.165, 1.54) is 6.08 Å². The van der Waals surface area contributed by atoms with Crippen molar-refractivity contribution in [2.45, 2.75) is 39.7 Å². The van der Waals surface area contributed by atoms with Crippen LogP contribution in [-0.2, 0) is 17.6 Å². The molecule has 136 valence electrons. The van der Waals surface area contributed by atoms with Gasteiger partial charge in [0.1, 0.15) is 17.6 Å². The monoisotopic (exact) mass is 351 g/mol.